The van der Waals surface area contributed by atoms with Crippen molar-refractivity contribution in [2.75, 3.05) is 5.32 Å². The van der Waals surface area contributed by atoms with Gasteiger partial charge in [0.25, 0.3) is 0 Å². The maximum Gasteiger partial charge on any atom is 0.0532 e. The van der Waals surface area contributed by atoms with Crippen LogP contribution >= 0.6 is 11.6 Å². The Kier molecular flexibility index (Phi) is 3.15. The molecule has 1 heterocycles. The van der Waals surface area contributed by atoms with Gasteiger partial charge in [0.1, 0.15) is 0 Å². The predicted molar refractivity (Wildman–Crippen MR) is 57.3 cm³/mol. The Morgan fingerprint density at radius 3 is 2.38 bits per heavy atom. The third kappa shape index (κ3) is 2.88. The highest BCUT2D eigenvalue weighted by molar-refractivity contribution is 6.21. The number of aromatic nitrogens is 1. The average molecular weight is 199 g/mol. The van der Waals surface area contributed by atoms with E-state index in [0.717, 1.165) is 5.69 Å². The van der Waals surface area contributed by atoms with Crippen LogP contribution in [-0.4, -0.2) is 15.9 Å². The van der Waals surface area contributed by atoms with Crippen molar-refractivity contribution in [1.82, 2.24) is 4.98 Å². The van der Waals surface area contributed by atoms with Crippen molar-refractivity contribution in [3.63, 3.8) is 0 Å². The smallest absolute Gasteiger partial charge is 0.0532 e. The number of nitrogens with one attached hydrogen (secondary N) is 1. The molecule has 1 aromatic rings. The molecular formula is C10H15ClN2. The normalized spacial score (nSPS) is 13.8. The monoisotopic (exact) mass is 198 g/mol. The largest absolute Gasteiger partial charge is 0.379 e. The van der Waals surface area contributed by atoms with Crippen molar-refractivity contribution in [1.29, 1.82) is 0 Å². The van der Waals surface area contributed by atoms with Gasteiger partial charge in [-0.1, -0.05) is 0 Å². The molecule has 0 spiro atoms. The number of rotatable bonds is 3. The first kappa shape index (κ1) is 10.3. The molecule has 0 aliphatic carbocycles. The lowest BCUT2D eigenvalue weighted by Crippen LogP contribution is -2.38. The van der Waals surface area contributed by atoms with Gasteiger partial charge in [0.05, 0.1) is 5.38 Å². The molecule has 3 heteroatoms. The summed E-state index contributed by atoms with van der Waals surface area (Å²) in [5.74, 6) is 0. The Hall–Kier alpha value is -0.760. The lowest BCUT2D eigenvalue weighted by Gasteiger charge is -2.30. The average Bonchev–Trinajstić information content (AvgIpc) is 2.05. The number of alkyl halides is 1. The first-order chi connectivity index (χ1) is 6.02. The summed E-state index contributed by atoms with van der Waals surface area (Å²) in [6, 6.07) is 3.86. The highest BCUT2D eigenvalue weighted by atomic mass is 35.5. The number of nitrogens with zero attached hydrogens (tertiary/aromatic N) is 1. The Labute approximate surface area is 84.3 Å². The zero-order valence-electron chi connectivity index (χ0n) is 8.21. The summed E-state index contributed by atoms with van der Waals surface area (Å²) in [6.45, 7) is 6.13. The maximum absolute atomic E-state index is 6.04. The molecule has 1 unspecified atom stereocenters. The van der Waals surface area contributed by atoms with Crippen LogP contribution < -0.4 is 5.32 Å². The molecule has 1 N–H and O–H groups in total. The van der Waals surface area contributed by atoms with Crippen LogP contribution in [0, 0.1) is 0 Å². The van der Waals surface area contributed by atoms with Gasteiger partial charge in [-0.15, -0.1) is 11.6 Å². The molecule has 13 heavy (non-hydrogen) atoms. The van der Waals surface area contributed by atoms with E-state index < -0.39 is 0 Å². The van der Waals surface area contributed by atoms with Crippen LogP contribution in [0.1, 0.15) is 20.8 Å². The van der Waals surface area contributed by atoms with Crippen molar-refractivity contribution in [3.8, 4) is 0 Å². The van der Waals surface area contributed by atoms with E-state index in [1.807, 2.05) is 19.1 Å². The van der Waals surface area contributed by atoms with E-state index in [1.54, 1.807) is 12.4 Å². The predicted octanol–water partition coefficient (Wildman–Crippen LogP) is 2.90. The number of halogens is 1. The van der Waals surface area contributed by atoms with Gasteiger partial charge in [-0.25, -0.2) is 0 Å². The van der Waals surface area contributed by atoms with Crippen LogP contribution in [0.3, 0.4) is 0 Å². The molecule has 72 valence electrons. The first-order valence-corrected chi connectivity index (χ1v) is 4.78. The summed E-state index contributed by atoms with van der Waals surface area (Å²) < 4.78 is 0. The lowest BCUT2D eigenvalue weighted by atomic mass is 10.0. The summed E-state index contributed by atoms with van der Waals surface area (Å²) in [5.41, 5.74) is 0.940. The Morgan fingerprint density at radius 1 is 1.38 bits per heavy atom. The zero-order valence-corrected chi connectivity index (χ0v) is 8.97. The van der Waals surface area contributed by atoms with Gasteiger partial charge in [0.2, 0.25) is 0 Å². The SMILES string of the molecule is CC(Cl)C(C)(C)Nc1ccncc1. The number of anilines is 1. The fourth-order valence-corrected chi connectivity index (χ4v) is 0.961. The maximum atomic E-state index is 6.04. The van der Waals surface area contributed by atoms with Gasteiger partial charge < -0.3 is 5.32 Å². The first-order valence-electron chi connectivity index (χ1n) is 4.34. The second-order valence-electron chi connectivity index (χ2n) is 3.70. The van der Waals surface area contributed by atoms with Gasteiger partial charge in [0, 0.05) is 23.6 Å². The van der Waals surface area contributed by atoms with Gasteiger partial charge in [-0.05, 0) is 32.9 Å². The molecular weight excluding hydrogens is 184 g/mol. The standard InChI is InChI=1S/C10H15ClN2/c1-8(11)10(2,3)13-9-4-6-12-7-5-9/h4-8H,1-3H3,(H,12,13). The molecule has 0 aromatic carbocycles. The summed E-state index contributed by atoms with van der Waals surface area (Å²) in [5, 5.41) is 3.42. The van der Waals surface area contributed by atoms with Gasteiger partial charge in [-0.2, -0.15) is 0 Å². The Bertz CT molecular complexity index is 257. The number of pyridine rings is 1. The second-order valence-corrected chi connectivity index (χ2v) is 4.35. The molecule has 0 radical (unpaired) electrons. The third-order valence-electron chi connectivity index (χ3n) is 2.14. The third-order valence-corrected chi connectivity index (χ3v) is 2.69. The fourth-order valence-electron chi connectivity index (χ4n) is 0.907. The van der Waals surface area contributed by atoms with Crippen molar-refractivity contribution in [2.24, 2.45) is 0 Å². The zero-order chi connectivity index (χ0) is 9.90. The van der Waals surface area contributed by atoms with Crippen LogP contribution in [0.2, 0.25) is 0 Å². The summed E-state index contributed by atoms with van der Waals surface area (Å²) >= 11 is 6.04. The van der Waals surface area contributed by atoms with E-state index in [1.165, 1.54) is 0 Å². The molecule has 0 aliphatic heterocycles. The minimum atomic E-state index is -0.108. The van der Waals surface area contributed by atoms with E-state index in [-0.39, 0.29) is 10.9 Å². The van der Waals surface area contributed by atoms with Crippen LogP contribution in [-0.2, 0) is 0 Å². The van der Waals surface area contributed by atoms with E-state index in [4.69, 9.17) is 11.6 Å². The van der Waals surface area contributed by atoms with Gasteiger partial charge in [0.15, 0.2) is 0 Å². The lowest BCUT2D eigenvalue weighted by molar-refractivity contribution is 0.555. The van der Waals surface area contributed by atoms with Crippen LogP contribution in [0.4, 0.5) is 5.69 Å². The Balaban J connectivity index is 2.69. The van der Waals surface area contributed by atoms with Crippen LogP contribution in [0.25, 0.3) is 0 Å². The molecule has 1 aromatic heterocycles. The van der Waals surface area contributed by atoms with Gasteiger partial charge >= 0.3 is 0 Å². The summed E-state index contributed by atoms with van der Waals surface area (Å²) in [7, 11) is 0. The second kappa shape index (κ2) is 3.97. The molecule has 0 fully saturated rings. The molecule has 0 amide bonds. The van der Waals surface area contributed by atoms with Crippen molar-refractivity contribution in [2.45, 2.75) is 31.7 Å². The molecule has 1 rings (SSSR count). The number of hydrogen-bond donors (Lipinski definition) is 1. The van der Waals surface area contributed by atoms with Crippen LogP contribution in [0.15, 0.2) is 24.5 Å². The molecule has 0 saturated heterocycles. The molecule has 0 saturated carbocycles. The van der Waals surface area contributed by atoms with E-state index in [2.05, 4.69) is 24.1 Å². The summed E-state index contributed by atoms with van der Waals surface area (Å²) in [6.07, 6.45) is 3.52. The van der Waals surface area contributed by atoms with Gasteiger partial charge in [-0.3, -0.25) is 4.98 Å². The highest BCUT2D eigenvalue weighted by Crippen LogP contribution is 2.20. The number of hydrogen-bond acceptors (Lipinski definition) is 2. The quantitative estimate of drug-likeness (QED) is 0.756. The van der Waals surface area contributed by atoms with Crippen molar-refractivity contribution >= 4 is 17.3 Å². The topological polar surface area (TPSA) is 24.9 Å². The molecule has 0 bridgehead atoms. The molecule has 0 aliphatic rings. The molecule has 2 nitrogen and oxygen atoms in total. The van der Waals surface area contributed by atoms with E-state index in [0.29, 0.717) is 0 Å². The minimum absolute atomic E-state index is 0.0701. The molecule has 1 atom stereocenters. The van der Waals surface area contributed by atoms with Crippen LogP contribution in [0.5, 0.6) is 0 Å². The summed E-state index contributed by atoms with van der Waals surface area (Å²) in [4.78, 5) is 3.95. The van der Waals surface area contributed by atoms with E-state index in [9.17, 15) is 0 Å². The minimum Gasteiger partial charge on any atom is -0.379 e. The Morgan fingerprint density at radius 2 is 1.92 bits per heavy atom. The van der Waals surface area contributed by atoms with E-state index >= 15 is 0 Å². The van der Waals surface area contributed by atoms with Crippen molar-refractivity contribution < 1.29 is 0 Å². The highest BCUT2D eigenvalue weighted by Gasteiger charge is 2.23. The fraction of sp³-hybridized carbons (Fsp3) is 0.500. The van der Waals surface area contributed by atoms with Crippen molar-refractivity contribution in [3.05, 3.63) is 24.5 Å².